The number of carbonyl (C=O) groups is 1. The number of ketones is 1. The van der Waals surface area contributed by atoms with Gasteiger partial charge in [0.2, 0.25) is 0 Å². The highest BCUT2D eigenvalue weighted by molar-refractivity contribution is 6.10. The number of phenols is 1. The monoisotopic (exact) mass is 328 g/mol. The molecule has 128 valence electrons. The van der Waals surface area contributed by atoms with Gasteiger partial charge in [-0.25, -0.2) is 0 Å². The second-order valence-electron chi connectivity index (χ2n) is 6.40. The summed E-state index contributed by atoms with van der Waals surface area (Å²) in [4.78, 5) is 12.5. The van der Waals surface area contributed by atoms with Crippen LogP contribution in [0, 0.1) is 5.92 Å². The van der Waals surface area contributed by atoms with E-state index < -0.39 is 0 Å². The number of benzene rings is 2. The molecular formula is C20H24O4. The van der Waals surface area contributed by atoms with Gasteiger partial charge in [0.05, 0.1) is 18.3 Å². The molecule has 0 amide bonds. The molecule has 0 spiro atoms. The molecule has 0 bridgehead atoms. The van der Waals surface area contributed by atoms with Crippen molar-refractivity contribution in [2.45, 2.75) is 33.8 Å². The average Bonchev–Trinajstić information content (AvgIpc) is 2.52. The van der Waals surface area contributed by atoms with Gasteiger partial charge in [0.15, 0.2) is 5.78 Å². The van der Waals surface area contributed by atoms with Crippen LogP contribution in [0.25, 0.3) is 0 Å². The Bertz CT molecular complexity index is 687. The quantitative estimate of drug-likeness (QED) is 0.763. The number of rotatable bonds is 7. The van der Waals surface area contributed by atoms with Crippen LogP contribution in [0.4, 0.5) is 0 Å². The van der Waals surface area contributed by atoms with Crippen LogP contribution in [0.5, 0.6) is 17.2 Å². The fourth-order valence-electron chi connectivity index (χ4n) is 2.17. The first-order valence-corrected chi connectivity index (χ1v) is 8.14. The van der Waals surface area contributed by atoms with Crippen molar-refractivity contribution in [1.29, 1.82) is 0 Å². The molecule has 2 aromatic carbocycles. The molecule has 0 atom stereocenters. The molecule has 0 saturated heterocycles. The number of hydrogen-bond donors (Lipinski definition) is 1. The zero-order valence-electron chi connectivity index (χ0n) is 14.6. The summed E-state index contributed by atoms with van der Waals surface area (Å²) in [7, 11) is 0. The largest absolute Gasteiger partial charge is 0.507 e. The minimum atomic E-state index is -0.237. The van der Waals surface area contributed by atoms with Gasteiger partial charge in [-0.1, -0.05) is 13.8 Å². The van der Waals surface area contributed by atoms with E-state index in [1.165, 1.54) is 6.07 Å². The summed E-state index contributed by atoms with van der Waals surface area (Å²) in [6.45, 7) is 8.59. The molecule has 0 radical (unpaired) electrons. The van der Waals surface area contributed by atoms with Crippen LogP contribution in [0.2, 0.25) is 0 Å². The summed E-state index contributed by atoms with van der Waals surface area (Å²) in [5.41, 5.74) is 0.752. The van der Waals surface area contributed by atoms with E-state index in [9.17, 15) is 9.90 Å². The third-order valence-corrected chi connectivity index (χ3v) is 3.29. The molecular weight excluding hydrogens is 304 g/mol. The third kappa shape index (κ3) is 4.75. The van der Waals surface area contributed by atoms with Gasteiger partial charge in [-0.15, -0.1) is 0 Å². The van der Waals surface area contributed by atoms with Gasteiger partial charge in [-0.2, -0.15) is 0 Å². The SMILES string of the molecule is CC(C)COc1ccc(C(=O)c2ccc(OC(C)C)cc2O)cc1. The van der Waals surface area contributed by atoms with Gasteiger partial charge in [0.1, 0.15) is 17.2 Å². The highest BCUT2D eigenvalue weighted by atomic mass is 16.5. The molecule has 0 heterocycles. The second kappa shape index (κ2) is 7.86. The van der Waals surface area contributed by atoms with E-state index >= 15 is 0 Å². The molecule has 0 unspecified atom stereocenters. The van der Waals surface area contributed by atoms with Gasteiger partial charge >= 0.3 is 0 Å². The van der Waals surface area contributed by atoms with Crippen molar-refractivity contribution in [2.75, 3.05) is 6.61 Å². The summed E-state index contributed by atoms with van der Waals surface area (Å²) >= 11 is 0. The van der Waals surface area contributed by atoms with E-state index in [1.54, 1.807) is 36.4 Å². The Labute approximate surface area is 143 Å². The Morgan fingerprint density at radius 1 is 1.00 bits per heavy atom. The molecule has 0 saturated carbocycles. The average molecular weight is 328 g/mol. The normalized spacial score (nSPS) is 10.9. The first-order valence-electron chi connectivity index (χ1n) is 8.14. The number of phenolic OH excluding ortho intramolecular Hbond substituents is 1. The number of ether oxygens (including phenoxy) is 2. The van der Waals surface area contributed by atoms with Gasteiger partial charge in [-0.05, 0) is 56.2 Å². The predicted octanol–water partition coefficient (Wildman–Crippen LogP) is 4.45. The Morgan fingerprint density at radius 2 is 1.62 bits per heavy atom. The molecule has 4 heteroatoms. The smallest absolute Gasteiger partial charge is 0.196 e. The van der Waals surface area contributed by atoms with E-state index in [4.69, 9.17) is 9.47 Å². The molecule has 0 aliphatic rings. The third-order valence-electron chi connectivity index (χ3n) is 3.29. The van der Waals surface area contributed by atoms with Crippen molar-refractivity contribution in [2.24, 2.45) is 5.92 Å². The lowest BCUT2D eigenvalue weighted by atomic mass is 10.0. The Morgan fingerprint density at radius 3 is 2.17 bits per heavy atom. The van der Waals surface area contributed by atoms with Crippen molar-refractivity contribution < 1.29 is 19.4 Å². The highest BCUT2D eigenvalue weighted by Gasteiger charge is 2.15. The molecule has 0 aliphatic carbocycles. The van der Waals surface area contributed by atoms with Crippen molar-refractivity contribution in [1.82, 2.24) is 0 Å². The number of carbonyl (C=O) groups excluding carboxylic acids is 1. The minimum absolute atomic E-state index is 0.00401. The summed E-state index contributed by atoms with van der Waals surface area (Å²) < 4.78 is 11.1. The van der Waals surface area contributed by atoms with E-state index in [-0.39, 0.29) is 23.2 Å². The van der Waals surface area contributed by atoms with E-state index in [1.807, 2.05) is 13.8 Å². The van der Waals surface area contributed by atoms with E-state index in [0.29, 0.717) is 23.8 Å². The molecule has 24 heavy (non-hydrogen) atoms. The van der Waals surface area contributed by atoms with E-state index in [0.717, 1.165) is 5.75 Å². The Balaban J connectivity index is 2.13. The van der Waals surface area contributed by atoms with Crippen LogP contribution in [0.3, 0.4) is 0 Å². The van der Waals surface area contributed by atoms with Gasteiger partial charge < -0.3 is 14.6 Å². The maximum Gasteiger partial charge on any atom is 0.196 e. The lowest BCUT2D eigenvalue weighted by molar-refractivity contribution is 0.103. The summed E-state index contributed by atoms with van der Waals surface area (Å²) in [5.74, 6) is 1.38. The van der Waals surface area contributed by atoms with Crippen molar-refractivity contribution in [3.63, 3.8) is 0 Å². The van der Waals surface area contributed by atoms with Crippen LogP contribution in [0.1, 0.15) is 43.6 Å². The molecule has 2 rings (SSSR count). The maximum atomic E-state index is 12.5. The van der Waals surface area contributed by atoms with Crippen LogP contribution in [-0.4, -0.2) is 23.6 Å². The fraction of sp³-hybridized carbons (Fsp3) is 0.350. The first-order chi connectivity index (χ1) is 11.4. The Hall–Kier alpha value is -2.49. The molecule has 1 N–H and O–H groups in total. The van der Waals surface area contributed by atoms with Gasteiger partial charge in [-0.3, -0.25) is 4.79 Å². The first kappa shape index (κ1) is 17.9. The fourth-order valence-corrected chi connectivity index (χ4v) is 2.17. The summed E-state index contributed by atoms with van der Waals surface area (Å²) in [6.07, 6.45) is 0.00401. The molecule has 0 aliphatic heterocycles. The predicted molar refractivity (Wildman–Crippen MR) is 94.1 cm³/mol. The lowest BCUT2D eigenvalue weighted by Crippen LogP contribution is -2.07. The summed E-state index contributed by atoms with van der Waals surface area (Å²) in [6, 6.07) is 11.7. The molecule has 0 aromatic heterocycles. The van der Waals surface area contributed by atoms with E-state index in [2.05, 4.69) is 13.8 Å². The minimum Gasteiger partial charge on any atom is -0.507 e. The molecule has 4 nitrogen and oxygen atoms in total. The van der Waals surface area contributed by atoms with Crippen molar-refractivity contribution in [3.8, 4) is 17.2 Å². The topological polar surface area (TPSA) is 55.8 Å². The van der Waals surface area contributed by atoms with Crippen LogP contribution >= 0.6 is 0 Å². The maximum absolute atomic E-state index is 12.5. The zero-order valence-corrected chi connectivity index (χ0v) is 14.6. The second-order valence-corrected chi connectivity index (χ2v) is 6.40. The summed E-state index contributed by atoms with van der Waals surface area (Å²) in [5, 5.41) is 10.1. The molecule has 2 aromatic rings. The zero-order chi connectivity index (χ0) is 17.7. The van der Waals surface area contributed by atoms with Crippen LogP contribution in [-0.2, 0) is 0 Å². The van der Waals surface area contributed by atoms with Crippen LogP contribution in [0.15, 0.2) is 42.5 Å². The molecule has 0 fully saturated rings. The lowest BCUT2D eigenvalue weighted by Gasteiger charge is -2.12. The van der Waals surface area contributed by atoms with Gasteiger partial charge in [0, 0.05) is 11.6 Å². The number of hydrogen-bond acceptors (Lipinski definition) is 4. The Kier molecular flexibility index (Phi) is 5.85. The van der Waals surface area contributed by atoms with Crippen LogP contribution < -0.4 is 9.47 Å². The highest BCUT2D eigenvalue weighted by Crippen LogP contribution is 2.27. The standard InChI is InChI=1S/C20H24O4/c1-13(2)12-23-16-7-5-15(6-8-16)20(22)18-10-9-17(11-19(18)21)24-14(3)4/h5-11,13-14,21H,12H2,1-4H3. The van der Waals surface area contributed by atoms with Crippen molar-refractivity contribution >= 4 is 5.78 Å². The number of aromatic hydroxyl groups is 1. The van der Waals surface area contributed by atoms with Crippen molar-refractivity contribution in [3.05, 3.63) is 53.6 Å². The van der Waals surface area contributed by atoms with Gasteiger partial charge in [0.25, 0.3) is 0 Å².